The van der Waals surface area contributed by atoms with E-state index in [1.54, 1.807) is 29.2 Å². The molecule has 2 amide bonds. The number of nitrogens with one attached hydrogen (secondary N) is 2. The van der Waals surface area contributed by atoms with Gasteiger partial charge in [0.15, 0.2) is 0 Å². The standard InChI is InChI=1S/C23H25N3O6S/c1-32-23(29)16-4-6-18(7-5-16)25-21(27)10-12-24-33(30,31)19-8-9-20-17(14-19)11-13-26(20)22(28)15-2-3-15/h4-9,14-15,24H,2-3,10-13H2,1H3,(H,25,27). The Kier molecular flexibility index (Phi) is 6.48. The van der Waals surface area contributed by atoms with E-state index in [0.29, 0.717) is 24.2 Å². The van der Waals surface area contributed by atoms with Crippen molar-refractivity contribution in [3.63, 3.8) is 0 Å². The third-order valence-corrected chi connectivity index (χ3v) is 7.14. The number of sulfonamides is 1. The Morgan fingerprint density at radius 1 is 1.09 bits per heavy atom. The fourth-order valence-corrected chi connectivity index (χ4v) is 4.82. The maximum absolute atomic E-state index is 12.7. The minimum absolute atomic E-state index is 0.0629. The Hall–Kier alpha value is -3.24. The number of methoxy groups -OCH3 is 1. The number of carbonyl (C=O) groups is 3. The van der Waals surface area contributed by atoms with Gasteiger partial charge in [0.25, 0.3) is 0 Å². The lowest BCUT2D eigenvalue weighted by Gasteiger charge is -2.17. The topological polar surface area (TPSA) is 122 Å². The van der Waals surface area contributed by atoms with Gasteiger partial charge >= 0.3 is 5.97 Å². The summed E-state index contributed by atoms with van der Waals surface area (Å²) in [5, 5.41) is 2.65. The quantitative estimate of drug-likeness (QED) is 0.569. The zero-order valence-corrected chi connectivity index (χ0v) is 19.0. The summed E-state index contributed by atoms with van der Waals surface area (Å²) in [6.45, 7) is 0.500. The fourth-order valence-electron chi connectivity index (χ4n) is 3.74. The second-order valence-corrected chi connectivity index (χ2v) is 9.84. The molecule has 0 spiro atoms. The van der Waals surface area contributed by atoms with Crippen LogP contribution in [0.1, 0.15) is 35.2 Å². The van der Waals surface area contributed by atoms with Crippen LogP contribution in [-0.4, -0.2) is 46.4 Å². The second-order valence-electron chi connectivity index (χ2n) is 8.07. The van der Waals surface area contributed by atoms with Gasteiger partial charge in [0.2, 0.25) is 21.8 Å². The SMILES string of the molecule is COC(=O)c1ccc(NC(=O)CCNS(=O)(=O)c2ccc3c(c2)CCN3C(=O)C2CC2)cc1. The monoisotopic (exact) mass is 471 g/mol. The van der Waals surface area contributed by atoms with Crippen LogP contribution in [0, 0.1) is 5.92 Å². The van der Waals surface area contributed by atoms with Gasteiger partial charge in [-0.05, 0) is 67.3 Å². The van der Waals surface area contributed by atoms with Gasteiger partial charge < -0.3 is 15.0 Å². The maximum Gasteiger partial charge on any atom is 0.337 e. The van der Waals surface area contributed by atoms with E-state index in [0.717, 1.165) is 24.1 Å². The number of hydrogen-bond acceptors (Lipinski definition) is 6. The van der Waals surface area contributed by atoms with E-state index in [-0.39, 0.29) is 35.6 Å². The number of carbonyl (C=O) groups excluding carboxylic acids is 3. The molecule has 174 valence electrons. The van der Waals surface area contributed by atoms with Crippen molar-refractivity contribution in [1.82, 2.24) is 4.72 Å². The van der Waals surface area contributed by atoms with Crippen LogP contribution in [0.4, 0.5) is 11.4 Å². The van der Waals surface area contributed by atoms with E-state index in [9.17, 15) is 22.8 Å². The van der Waals surface area contributed by atoms with Crippen LogP contribution in [0.25, 0.3) is 0 Å². The molecule has 1 fully saturated rings. The van der Waals surface area contributed by atoms with E-state index in [1.165, 1.54) is 25.3 Å². The van der Waals surface area contributed by atoms with Crippen LogP contribution >= 0.6 is 0 Å². The third kappa shape index (κ3) is 5.23. The van der Waals surface area contributed by atoms with Crippen molar-refractivity contribution in [2.45, 2.75) is 30.6 Å². The zero-order valence-electron chi connectivity index (χ0n) is 18.2. The molecule has 10 heteroatoms. The molecule has 2 aromatic carbocycles. The normalized spacial score (nSPS) is 15.1. The molecule has 0 bridgehead atoms. The molecule has 1 aliphatic carbocycles. The summed E-state index contributed by atoms with van der Waals surface area (Å²) in [4.78, 5) is 37.8. The number of nitrogens with zero attached hydrogens (tertiary/aromatic N) is 1. The summed E-state index contributed by atoms with van der Waals surface area (Å²) in [5.74, 6) is -0.617. The zero-order chi connectivity index (χ0) is 23.6. The predicted molar refractivity (Wildman–Crippen MR) is 121 cm³/mol. The smallest absolute Gasteiger partial charge is 0.337 e. The number of esters is 1. The first-order valence-electron chi connectivity index (χ1n) is 10.7. The summed E-state index contributed by atoms with van der Waals surface area (Å²) < 4.78 is 32.4. The number of rotatable bonds is 8. The number of hydrogen-bond donors (Lipinski definition) is 2. The molecular formula is C23H25N3O6S. The van der Waals surface area contributed by atoms with Crippen LogP contribution in [0.5, 0.6) is 0 Å². The highest BCUT2D eigenvalue weighted by atomic mass is 32.2. The number of amides is 2. The van der Waals surface area contributed by atoms with Crippen molar-refractivity contribution < 1.29 is 27.5 Å². The van der Waals surface area contributed by atoms with Gasteiger partial charge in [-0.1, -0.05) is 0 Å². The minimum Gasteiger partial charge on any atom is -0.465 e. The lowest BCUT2D eigenvalue weighted by Crippen LogP contribution is -2.30. The average molecular weight is 472 g/mol. The van der Waals surface area contributed by atoms with E-state index in [4.69, 9.17) is 0 Å². The van der Waals surface area contributed by atoms with Crippen LogP contribution in [0.3, 0.4) is 0 Å². The third-order valence-electron chi connectivity index (χ3n) is 5.68. The Labute approximate surface area is 192 Å². The Morgan fingerprint density at radius 2 is 1.82 bits per heavy atom. The van der Waals surface area contributed by atoms with Crippen molar-refractivity contribution >= 4 is 39.2 Å². The minimum atomic E-state index is -3.79. The fraction of sp³-hybridized carbons (Fsp3) is 0.348. The molecule has 1 heterocycles. The number of benzene rings is 2. The van der Waals surface area contributed by atoms with E-state index >= 15 is 0 Å². The molecule has 4 rings (SSSR count). The molecule has 2 aromatic rings. The van der Waals surface area contributed by atoms with Gasteiger partial charge in [0.1, 0.15) is 0 Å². The summed E-state index contributed by atoms with van der Waals surface area (Å²) in [6.07, 6.45) is 2.40. The highest BCUT2D eigenvalue weighted by molar-refractivity contribution is 7.89. The van der Waals surface area contributed by atoms with Crippen molar-refractivity contribution in [2.75, 3.05) is 30.4 Å². The van der Waals surface area contributed by atoms with Gasteiger partial charge in [0.05, 0.1) is 17.6 Å². The van der Waals surface area contributed by atoms with Crippen LogP contribution in [-0.2, 0) is 30.8 Å². The highest BCUT2D eigenvalue weighted by Crippen LogP contribution is 2.37. The van der Waals surface area contributed by atoms with Gasteiger partial charge in [-0.15, -0.1) is 0 Å². The van der Waals surface area contributed by atoms with Crippen LogP contribution in [0.2, 0.25) is 0 Å². The number of anilines is 2. The second kappa shape index (κ2) is 9.32. The average Bonchev–Trinajstić information content (AvgIpc) is 3.57. The lowest BCUT2D eigenvalue weighted by molar-refractivity contribution is -0.119. The Bertz CT molecular complexity index is 1190. The Balaban J connectivity index is 1.31. The van der Waals surface area contributed by atoms with Crippen LogP contribution < -0.4 is 14.9 Å². The summed E-state index contributed by atoms with van der Waals surface area (Å²) >= 11 is 0. The molecular weight excluding hydrogens is 446 g/mol. The molecule has 1 saturated carbocycles. The number of ether oxygens (including phenoxy) is 1. The first-order chi connectivity index (χ1) is 15.8. The Morgan fingerprint density at radius 3 is 2.48 bits per heavy atom. The van der Waals surface area contributed by atoms with Crippen molar-refractivity contribution in [2.24, 2.45) is 5.92 Å². The van der Waals surface area contributed by atoms with Gasteiger partial charge in [-0.3, -0.25) is 9.59 Å². The molecule has 0 unspecified atom stereocenters. The van der Waals surface area contributed by atoms with E-state index in [1.807, 2.05) is 0 Å². The van der Waals surface area contributed by atoms with Gasteiger partial charge in [-0.25, -0.2) is 17.9 Å². The molecule has 9 nitrogen and oxygen atoms in total. The molecule has 0 atom stereocenters. The molecule has 2 aliphatic rings. The summed E-state index contributed by atoms with van der Waals surface area (Å²) in [5.41, 5.74) is 2.46. The molecule has 0 aromatic heterocycles. The van der Waals surface area contributed by atoms with Crippen molar-refractivity contribution in [3.8, 4) is 0 Å². The predicted octanol–water partition coefficient (Wildman–Crippen LogP) is 2.08. The molecule has 0 radical (unpaired) electrons. The maximum atomic E-state index is 12.7. The number of fused-ring (bicyclic) bond motifs is 1. The van der Waals surface area contributed by atoms with Gasteiger partial charge in [-0.2, -0.15) is 0 Å². The van der Waals surface area contributed by atoms with Gasteiger partial charge in [0, 0.05) is 36.8 Å². The molecule has 2 N–H and O–H groups in total. The van der Waals surface area contributed by atoms with Crippen molar-refractivity contribution in [3.05, 3.63) is 53.6 Å². The van der Waals surface area contributed by atoms with E-state index in [2.05, 4.69) is 14.8 Å². The largest absolute Gasteiger partial charge is 0.465 e. The molecule has 33 heavy (non-hydrogen) atoms. The highest BCUT2D eigenvalue weighted by Gasteiger charge is 2.36. The first kappa shape index (κ1) is 22.9. The summed E-state index contributed by atoms with van der Waals surface area (Å²) in [7, 11) is -2.51. The van der Waals surface area contributed by atoms with Crippen LogP contribution in [0.15, 0.2) is 47.4 Å². The first-order valence-corrected chi connectivity index (χ1v) is 12.2. The molecule has 0 saturated heterocycles. The van der Waals surface area contributed by atoms with Crippen molar-refractivity contribution in [1.29, 1.82) is 0 Å². The molecule has 1 aliphatic heterocycles. The van der Waals surface area contributed by atoms with E-state index < -0.39 is 16.0 Å². The lowest BCUT2D eigenvalue weighted by atomic mass is 10.2. The summed E-state index contributed by atoms with van der Waals surface area (Å²) in [6, 6.07) is 11.0.